The van der Waals surface area contributed by atoms with Crippen LogP contribution in [0.4, 0.5) is 0 Å². The molecule has 1 aromatic carbocycles. The van der Waals surface area contributed by atoms with Crippen molar-refractivity contribution < 1.29 is 19.1 Å². The summed E-state index contributed by atoms with van der Waals surface area (Å²) in [6, 6.07) is 6.41. The molecule has 3 N–H and O–H groups in total. The molecule has 6 nitrogen and oxygen atoms in total. The van der Waals surface area contributed by atoms with Crippen LogP contribution < -0.4 is 5.32 Å². The first kappa shape index (κ1) is 15.9. The summed E-state index contributed by atoms with van der Waals surface area (Å²) < 4.78 is 4.94. The van der Waals surface area contributed by atoms with E-state index in [4.69, 9.17) is 4.42 Å². The Balaban J connectivity index is 1.84. The molecule has 0 aliphatic heterocycles. The van der Waals surface area contributed by atoms with Gasteiger partial charge in [-0.05, 0) is 23.6 Å². The molecule has 24 heavy (non-hydrogen) atoms. The Kier molecular flexibility index (Phi) is 4.37. The number of aromatic amines is 1. The van der Waals surface area contributed by atoms with Crippen LogP contribution in [0.25, 0.3) is 10.9 Å². The average Bonchev–Trinajstić information content (AvgIpc) is 3.22. The van der Waals surface area contributed by atoms with Crippen LogP contribution in [0, 0.1) is 0 Å². The summed E-state index contributed by atoms with van der Waals surface area (Å²) in [7, 11) is 0. The van der Waals surface area contributed by atoms with Crippen molar-refractivity contribution in [3.63, 3.8) is 0 Å². The second kappa shape index (κ2) is 6.62. The predicted octanol–water partition coefficient (Wildman–Crippen LogP) is 2.75. The van der Waals surface area contributed by atoms with Gasteiger partial charge in [0.1, 0.15) is 6.04 Å². The first-order chi connectivity index (χ1) is 11.6. The van der Waals surface area contributed by atoms with Gasteiger partial charge in [-0.1, -0.05) is 25.1 Å². The van der Waals surface area contributed by atoms with Crippen LogP contribution in [0.5, 0.6) is 0 Å². The van der Waals surface area contributed by atoms with E-state index in [1.54, 1.807) is 12.3 Å². The molecule has 2 aromatic heterocycles. The van der Waals surface area contributed by atoms with Gasteiger partial charge in [-0.15, -0.1) is 0 Å². The number of para-hydroxylation sites is 1. The summed E-state index contributed by atoms with van der Waals surface area (Å²) in [5.41, 5.74) is 3.18. The number of hydrogen-bond acceptors (Lipinski definition) is 3. The highest BCUT2D eigenvalue weighted by molar-refractivity contribution is 6.08. The molecular weight excluding hydrogens is 308 g/mol. The first-order valence-electron chi connectivity index (χ1n) is 7.74. The molecule has 0 fully saturated rings. The number of benzene rings is 1. The number of H-pyrrole nitrogens is 1. The smallest absolute Gasteiger partial charge is 0.326 e. The van der Waals surface area contributed by atoms with E-state index in [9.17, 15) is 14.7 Å². The normalized spacial score (nSPS) is 12.2. The van der Waals surface area contributed by atoms with Gasteiger partial charge in [0.15, 0.2) is 0 Å². The van der Waals surface area contributed by atoms with Gasteiger partial charge in [0.05, 0.1) is 18.1 Å². The summed E-state index contributed by atoms with van der Waals surface area (Å²) in [6.07, 6.45) is 5.58. The molecule has 0 aliphatic carbocycles. The quantitative estimate of drug-likeness (QED) is 0.649. The summed E-state index contributed by atoms with van der Waals surface area (Å²) in [5.74, 6) is -1.50. The zero-order valence-corrected chi connectivity index (χ0v) is 13.2. The second-order valence-electron chi connectivity index (χ2n) is 5.60. The Morgan fingerprint density at radius 3 is 2.83 bits per heavy atom. The Labute approximate surface area is 138 Å². The monoisotopic (exact) mass is 326 g/mol. The number of rotatable bonds is 6. The van der Waals surface area contributed by atoms with Gasteiger partial charge in [0.25, 0.3) is 5.91 Å². The predicted molar refractivity (Wildman–Crippen MR) is 89.0 cm³/mol. The fourth-order valence-electron chi connectivity index (χ4n) is 2.78. The Hall–Kier alpha value is -3.02. The van der Waals surface area contributed by atoms with E-state index in [0.29, 0.717) is 5.56 Å². The van der Waals surface area contributed by atoms with Crippen LogP contribution in [0.1, 0.15) is 28.4 Å². The number of aryl methyl sites for hydroxylation is 1. The molecule has 6 heteroatoms. The number of amides is 1. The molecule has 3 aromatic rings. The van der Waals surface area contributed by atoms with Crippen molar-refractivity contribution >= 4 is 22.8 Å². The molecule has 1 unspecified atom stereocenters. The summed E-state index contributed by atoms with van der Waals surface area (Å²) in [6.45, 7) is 2.04. The lowest BCUT2D eigenvalue weighted by Gasteiger charge is -2.13. The third-order valence-corrected chi connectivity index (χ3v) is 4.05. The molecule has 1 amide bonds. The summed E-state index contributed by atoms with van der Waals surface area (Å²) in [4.78, 5) is 27.1. The van der Waals surface area contributed by atoms with Gasteiger partial charge >= 0.3 is 5.97 Å². The molecule has 0 spiro atoms. The minimum atomic E-state index is -1.08. The molecule has 0 bridgehead atoms. The minimum Gasteiger partial charge on any atom is -0.480 e. The van der Waals surface area contributed by atoms with Crippen LogP contribution in [0.15, 0.2) is 47.4 Å². The van der Waals surface area contributed by atoms with E-state index in [-0.39, 0.29) is 6.42 Å². The number of carbonyl (C=O) groups excluding carboxylic acids is 1. The number of aromatic nitrogens is 1. The minimum absolute atomic E-state index is 0.167. The lowest BCUT2D eigenvalue weighted by atomic mass is 10.1. The maximum atomic E-state index is 12.5. The van der Waals surface area contributed by atoms with Crippen molar-refractivity contribution in [1.29, 1.82) is 0 Å². The van der Waals surface area contributed by atoms with Crippen molar-refractivity contribution in [3.05, 3.63) is 59.7 Å². The third kappa shape index (κ3) is 3.03. The second-order valence-corrected chi connectivity index (χ2v) is 5.60. The van der Waals surface area contributed by atoms with Crippen molar-refractivity contribution in [1.82, 2.24) is 10.3 Å². The van der Waals surface area contributed by atoms with Crippen molar-refractivity contribution in [2.45, 2.75) is 25.8 Å². The molecule has 3 rings (SSSR count). The zero-order valence-electron chi connectivity index (χ0n) is 13.2. The Morgan fingerprint density at radius 1 is 1.33 bits per heavy atom. The van der Waals surface area contributed by atoms with Crippen molar-refractivity contribution in [2.24, 2.45) is 0 Å². The van der Waals surface area contributed by atoms with Crippen LogP contribution in [-0.2, 0) is 17.6 Å². The maximum absolute atomic E-state index is 12.5. The number of aliphatic carboxylic acids is 1. The molecule has 0 saturated carbocycles. The number of carboxylic acid groups (broad SMARTS) is 1. The zero-order chi connectivity index (χ0) is 17.1. The first-order valence-corrected chi connectivity index (χ1v) is 7.74. The van der Waals surface area contributed by atoms with Gasteiger partial charge in [0, 0.05) is 23.5 Å². The van der Waals surface area contributed by atoms with Crippen LogP contribution in [-0.4, -0.2) is 28.0 Å². The van der Waals surface area contributed by atoms with Gasteiger partial charge in [-0.3, -0.25) is 4.79 Å². The van der Waals surface area contributed by atoms with Crippen molar-refractivity contribution in [2.75, 3.05) is 0 Å². The highest BCUT2D eigenvalue weighted by Crippen LogP contribution is 2.22. The fraction of sp³-hybridized carbons (Fsp3) is 0.222. The van der Waals surface area contributed by atoms with Gasteiger partial charge in [0.2, 0.25) is 0 Å². The molecular formula is C18H18N2O4. The topological polar surface area (TPSA) is 95.3 Å². The van der Waals surface area contributed by atoms with Crippen LogP contribution in [0.3, 0.4) is 0 Å². The molecule has 0 saturated heterocycles. The van der Waals surface area contributed by atoms with Crippen molar-refractivity contribution in [3.8, 4) is 0 Å². The largest absolute Gasteiger partial charge is 0.480 e. The maximum Gasteiger partial charge on any atom is 0.326 e. The summed E-state index contributed by atoms with van der Waals surface area (Å²) >= 11 is 0. The van der Waals surface area contributed by atoms with Gasteiger partial charge in [-0.25, -0.2) is 4.79 Å². The van der Waals surface area contributed by atoms with E-state index in [0.717, 1.165) is 28.5 Å². The Morgan fingerprint density at radius 2 is 2.17 bits per heavy atom. The third-order valence-electron chi connectivity index (χ3n) is 4.05. The molecule has 0 aliphatic rings. The number of carboxylic acids is 1. The van der Waals surface area contributed by atoms with E-state index in [1.165, 1.54) is 12.5 Å². The van der Waals surface area contributed by atoms with E-state index < -0.39 is 17.9 Å². The lowest BCUT2D eigenvalue weighted by Crippen LogP contribution is -2.42. The highest BCUT2D eigenvalue weighted by atomic mass is 16.4. The highest BCUT2D eigenvalue weighted by Gasteiger charge is 2.23. The molecule has 0 radical (unpaired) electrons. The number of fused-ring (bicyclic) bond motifs is 1. The fourth-order valence-corrected chi connectivity index (χ4v) is 2.78. The summed E-state index contributed by atoms with van der Waals surface area (Å²) in [5, 5.41) is 12.7. The lowest BCUT2D eigenvalue weighted by molar-refractivity contribution is -0.139. The number of nitrogens with one attached hydrogen (secondary N) is 2. The number of hydrogen-bond donors (Lipinski definition) is 3. The van der Waals surface area contributed by atoms with Crippen LogP contribution >= 0.6 is 0 Å². The number of furan rings is 1. The van der Waals surface area contributed by atoms with Crippen LogP contribution in [0.2, 0.25) is 0 Å². The van der Waals surface area contributed by atoms with E-state index >= 15 is 0 Å². The molecule has 124 valence electrons. The van der Waals surface area contributed by atoms with Gasteiger partial charge in [-0.2, -0.15) is 0 Å². The van der Waals surface area contributed by atoms with E-state index in [1.807, 2.05) is 25.1 Å². The molecule has 1 atom stereocenters. The average molecular weight is 326 g/mol. The standard InChI is InChI=1S/C18H18N2O4/c1-2-12-4-3-5-13-14(9-19-16(12)13)17(21)20-15(18(22)23)8-11-6-7-24-10-11/h3-7,9-10,15,19H,2,8H2,1H3,(H,20,21)(H,22,23). The van der Waals surface area contributed by atoms with Gasteiger partial charge < -0.3 is 19.8 Å². The Bertz CT molecular complexity index is 864. The molecule has 2 heterocycles. The SMILES string of the molecule is CCc1cccc2c(C(=O)NC(Cc3ccoc3)C(=O)O)c[nH]c12. The number of carbonyl (C=O) groups is 2. The van der Waals surface area contributed by atoms with E-state index in [2.05, 4.69) is 10.3 Å².